The summed E-state index contributed by atoms with van der Waals surface area (Å²) in [6, 6.07) is 9.05. The first-order chi connectivity index (χ1) is 8.34. The summed E-state index contributed by atoms with van der Waals surface area (Å²) in [5.41, 5.74) is 8.81. The monoisotopic (exact) mass is 229 g/mol. The van der Waals surface area contributed by atoms with Crippen LogP contribution in [0.3, 0.4) is 0 Å². The second kappa shape index (κ2) is 4.40. The lowest BCUT2D eigenvalue weighted by molar-refractivity contribution is 0.763. The number of para-hydroxylation sites is 1. The van der Waals surface area contributed by atoms with Gasteiger partial charge in [-0.25, -0.2) is 4.99 Å². The van der Waals surface area contributed by atoms with Gasteiger partial charge in [-0.2, -0.15) is 0 Å². The minimum absolute atomic E-state index is 0.491. The van der Waals surface area contributed by atoms with E-state index in [1.165, 1.54) is 36.9 Å². The standard InChI is InChI=1S/C14H19N3/c15-14(16-12-8-9-12)17-10-4-3-6-11-5-1-2-7-13(11)17/h1-2,5,7,12H,3-4,6,8-10H2,(H2,15,16). The molecule has 0 bridgehead atoms. The van der Waals surface area contributed by atoms with Crippen LogP contribution in [0.4, 0.5) is 5.69 Å². The van der Waals surface area contributed by atoms with Gasteiger partial charge in [0.2, 0.25) is 0 Å². The first kappa shape index (κ1) is 10.6. The van der Waals surface area contributed by atoms with Crippen molar-refractivity contribution in [3.05, 3.63) is 29.8 Å². The van der Waals surface area contributed by atoms with Crippen molar-refractivity contribution < 1.29 is 0 Å². The van der Waals surface area contributed by atoms with E-state index < -0.39 is 0 Å². The highest BCUT2D eigenvalue weighted by atomic mass is 15.3. The molecule has 0 aromatic heterocycles. The van der Waals surface area contributed by atoms with E-state index in [1.807, 2.05) is 0 Å². The van der Waals surface area contributed by atoms with Gasteiger partial charge in [-0.15, -0.1) is 0 Å². The number of anilines is 1. The summed E-state index contributed by atoms with van der Waals surface area (Å²) in [6.07, 6.45) is 6.00. The zero-order valence-corrected chi connectivity index (χ0v) is 10.1. The fourth-order valence-electron chi connectivity index (χ4n) is 2.39. The molecule has 0 spiro atoms. The van der Waals surface area contributed by atoms with Crippen molar-refractivity contribution in [3.63, 3.8) is 0 Å². The van der Waals surface area contributed by atoms with Gasteiger partial charge >= 0.3 is 0 Å². The highest BCUT2D eigenvalue weighted by Crippen LogP contribution is 2.28. The van der Waals surface area contributed by atoms with Crippen molar-refractivity contribution in [3.8, 4) is 0 Å². The van der Waals surface area contributed by atoms with Crippen LogP contribution in [-0.4, -0.2) is 18.5 Å². The molecule has 0 atom stereocenters. The van der Waals surface area contributed by atoms with E-state index >= 15 is 0 Å². The number of nitrogens with zero attached hydrogens (tertiary/aromatic N) is 2. The van der Waals surface area contributed by atoms with Gasteiger partial charge in [0.1, 0.15) is 0 Å². The van der Waals surface area contributed by atoms with E-state index in [0.717, 1.165) is 13.0 Å². The molecule has 3 rings (SSSR count). The van der Waals surface area contributed by atoms with E-state index in [-0.39, 0.29) is 0 Å². The molecule has 1 saturated carbocycles. The summed E-state index contributed by atoms with van der Waals surface area (Å²) in [4.78, 5) is 6.77. The van der Waals surface area contributed by atoms with E-state index in [2.05, 4.69) is 34.2 Å². The molecule has 3 nitrogen and oxygen atoms in total. The molecule has 3 heteroatoms. The number of rotatable bonds is 1. The lowest BCUT2D eigenvalue weighted by Gasteiger charge is -2.23. The molecule has 0 amide bonds. The number of guanidine groups is 1. The minimum Gasteiger partial charge on any atom is -0.370 e. The van der Waals surface area contributed by atoms with Crippen LogP contribution in [0, 0.1) is 0 Å². The third-order valence-electron chi connectivity index (χ3n) is 3.50. The Morgan fingerprint density at radius 2 is 2.06 bits per heavy atom. The number of nitrogens with two attached hydrogens (primary N) is 1. The molecule has 90 valence electrons. The van der Waals surface area contributed by atoms with Crippen LogP contribution < -0.4 is 10.6 Å². The maximum absolute atomic E-state index is 6.15. The average Bonchev–Trinajstić information content (AvgIpc) is 3.14. The number of fused-ring (bicyclic) bond motifs is 1. The fourth-order valence-corrected chi connectivity index (χ4v) is 2.39. The topological polar surface area (TPSA) is 41.6 Å². The maximum atomic E-state index is 6.15. The third kappa shape index (κ3) is 2.28. The van der Waals surface area contributed by atoms with Crippen molar-refractivity contribution in [2.24, 2.45) is 10.7 Å². The number of benzene rings is 1. The van der Waals surface area contributed by atoms with Crippen molar-refractivity contribution in [2.45, 2.75) is 38.1 Å². The van der Waals surface area contributed by atoms with Gasteiger partial charge in [-0.1, -0.05) is 18.2 Å². The van der Waals surface area contributed by atoms with Gasteiger partial charge in [0.25, 0.3) is 0 Å². The SMILES string of the molecule is NC(=NC1CC1)N1CCCCc2ccccc21. The molecule has 1 fully saturated rings. The average molecular weight is 229 g/mol. The van der Waals surface area contributed by atoms with Crippen LogP contribution >= 0.6 is 0 Å². The molecule has 1 heterocycles. The molecule has 0 saturated heterocycles. The highest BCUT2D eigenvalue weighted by molar-refractivity contribution is 5.95. The highest BCUT2D eigenvalue weighted by Gasteiger charge is 2.23. The minimum atomic E-state index is 0.491. The van der Waals surface area contributed by atoms with Crippen molar-refractivity contribution in [1.29, 1.82) is 0 Å². The second-order valence-electron chi connectivity index (χ2n) is 4.96. The molecule has 1 aromatic rings. The summed E-state index contributed by atoms with van der Waals surface area (Å²) in [6.45, 7) is 0.999. The van der Waals surface area contributed by atoms with Gasteiger partial charge in [-0.3, -0.25) is 0 Å². The molecule has 1 aromatic carbocycles. The van der Waals surface area contributed by atoms with Crippen molar-refractivity contribution >= 4 is 11.6 Å². The Hall–Kier alpha value is -1.51. The van der Waals surface area contributed by atoms with Gasteiger partial charge in [0.05, 0.1) is 6.04 Å². The third-order valence-corrected chi connectivity index (χ3v) is 3.50. The summed E-state index contributed by atoms with van der Waals surface area (Å²) in [5.74, 6) is 0.710. The van der Waals surface area contributed by atoms with Gasteiger partial charge in [-0.05, 0) is 43.7 Å². The zero-order chi connectivity index (χ0) is 11.7. The molecule has 0 unspecified atom stereocenters. The zero-order valence-electron chi connectivity index (χ0n) is 10.1. The van der Waals surface area contributed by atoms with E-state index in [4.69, 9.17) is 5.73 Å². The summed E-state index contributed by atoms with van der Waals surface area (Å²) in [5, 5.41) is 0. The van der Waals surface area contributed by atoms with Crippen molar-refractivity contribution in [1.82, 2.24) is 0 Å². The van der Waals surface area contributed by atoms with E-state index in [9.17, 15) is 0 Å². The van der Waals surface area contributed by atoms with E-state index in [0.29, 0.717) is 12.0 Å². The first-order valence-electron chi connectivity index (χ1n) is 6.53. The quantitative estimate of drug-likeness (QED) is 0.593. The normalized spacial score (nSPS) is 20.9. The summed E-state index contributed by atoms with van der Waals surface area (Å²) >= 11 is 0. The van der Waals surface area contributed by atoms with Crippen LogP contribution in [0.5, 0.6) is 0 Å². The fraction of sp³-hybridized carbons (Fsp3) is 0.500. The smallest absolute Gasteiger partial charge is 0.196 e. The Morgan fingerprint density at radius 3 is 2.88 bits per heavy atom. The Morgan fingerprint density at radius 1 is 1.24 bits per heavy atom. The molecule has 0 radical (unpaired) electrons. The Labute approximate surface area is 102 Å². The first-order valence-corrected chi connectivity index (χ1v) is 6.53. The molecule has 17 heavy (non-hydrogen) atoms. The second-order valence-corrected chi connectivity index (χ2v) is 4.96. The lowest BCUT2D eigenvalue weighted by atomic mass is 10.1. The molecular formula is C14H19N3. The van der Waals surface area contributed by atoms with Crippen LogP contribution in [0.1, 0.15) is 31.2 Å². The number of aliphatic imine (C=N–C) groups is 1. The molecular weight excluding hydrogens is 210 g/mol. The van der Waals surface area contributed by atoms with Crippen molar-refractivity contribution in [2.75, 3.05) is 11.4 Å². The van der Waals surface area contributed by atoms with Gasteiger partial charge in [0.15, 0.2) is 5.96 Å². The molecule has 1 aliphatic heterocycles. The van der Waals surface area contributed by atoms with Gasteiger partial charge in [0, 0.05) is 12.2 Å². The predicted octanol–water partition coefficient (Wildman–Crippen LogP) is 2.31. The number of aryl methyl sites for hydroxylation is 1. The Kier molecular flexibility index (Phi) is 2.75. The largest absolute Gasteiger partial charge is 0.370 e. The van der Waals surface area contributed by atoms with Gasteiger partial charge < -0.3 is 10.6 Å². The predicted molar refractivity (Wildman–Crippen MR) is 71.4 cm³/mol. The maximum Gasteiger partial charge on any atom is 0.196 e. The van der Waals surface area contributed by atoms with Crippen LogP contribution in [0.15, 0.2) is 29.3 Å². The number of hydrogen-bond donors (Lipinski definition) is 1. The Bertz CT molecular complexity index is 435. The molecule has 1 aliphatic carbocycles. The Balaban J connectivity index is 1.93. The van der Waals surface area contributed by atoms with Crippen LogP contribution in [0.25, 0.3) is 0 Å². The number of hydrogen-bond acceptors (Lipinski definition) is 1. The lowest BCUT2D eigenvalue weighted by Crippen LogP contribution is -2.38. The summed E-state index contributed by atoms with van der Waals surface area (Å²) in [7, 11) is 0. The molecule has 2 aliphatic rings. The van der Waals surface area contributed by atoms with E-state index in [1.54, 1.807) is 0 Å². The van der Waals surface area contributed by atoms with Crippen LogP contribution in [0.2, 0.25) is 0 Å². The van der Waals surface area contributed by atoms with Crippen LogP contribution in [-0.2, 0) is 6.42 Å². The summed E-state index contributed by atoms with van der Waals surface area (Å²) < 4.78 is 0. The molecule has 2 N–H and O–H groups in total.